The third-order valence-electron chi connectivity index (χ3n) is 0.737. The predicted octanol–water partition coefficient (Wildman–Crippen LogP) is -0.932. The van der Waals surface area contributed by atoms with Gasteiger partial charge in [0.25, 0.3) is 0 Å². The molecule has 10 heavy (non-hydrogen) atoms. The zero-order valence-corrected chi connectivity index (χ0v) is 9.63. The van der Waals surface area contributed by atoms with Gasteiger partial charge in [-0.2, -0.15) is 4.39 Å². The molecule has 4 heteroatoms. The van der Waals surface area contributed by atoms with Crippen molar-refractivity contribution in [3.8, 4) is 0 Å². The first-order chi connectivity index (χ1) is 3.79. The summed E-state index contributed by atoms with van der Waals surface area (Å²) in [5.41, 5.74) is 2.06. The number of hydrogen-bond donors (Lipinski definition) is 0. The molecule has 0 fully saturated rings. The summed E-state index contributed by atoms with van der Waals surface area (Å²) in [5.74, 6) is -0.536. The molecule has 0 saturated carbocycles. The molecule has 51 valence electrons. The van der Waals surface area contributed by atoms with E-state index in [0.717, 1.165) is 18.2 Å². The Hall–Kier alpha value is 0.223. The van der Waals surface area contributed by atoms with Crippen LogP contribution in [-0.2, 0) is 19.5 Å². The monoisotopic (exact) mass is 256 g/mol. The molecule has 0 spiro atoms. The number of rotatable bonds is 0. The Balaban J connectivity index is 0. The first kappa shape index (κ1) is 12.9. The molecule has 1 radical (unpaired) electrons. The second kappa shape index (κ2) is 5.97. The molecule has 0 unspecified atom stereocenters. The molecule has 0 aromatic carbocycles. The van der Waals surface area contributed by atoms with Crippen LogP contribution in [0.2, 0.25) is 0 Å². The van der Waals surface area contributed by atoms with Crippen LogP contribution in [0.4, 0.5) is 8.78 Å². The fourth-order valence-corrected chi connectivity index (χ4v) is 0.387. The van der Waals surface area contributed by atoms with E-state index in [4.69, 9.17) is 0 Å². The van der Waals surface area contributed by atoms with E-state index in [-0.39, 0.29) is 36.5 Å². The predicted molar refractivity (Wildman–Crippen MR) is 26.2 cm³/mol. The first-order valence-electron chi connectivity index (χ1n) is 2.12. The van der Waals surface area contributed by atoms with E-state index in [9.17, 15) is 8.78 Å². The Labute approximate surface area is 81.2 Å². The van der Waals surface area contributed by atoms with Crippen molar-refractivity contribution in [2.45, 2.75) is 0 Å². The molecule has 0 atom stereocenters. The van der Waals surface area contributed by atoms with Gasteiger partial charge < -0.3 is 17.0 Å². The van der Waals surface area contributed by atoms with Crippen molar-refractivity contribution in [3.05, 3.63) is 36.0 Å². The fraction of sp³-hybridized carbons (Fsp3) is 0. The van der Waals surface area contributed by atoms with E-state index in [2.05, 4.69) is 5.73 Å². The third kappa shape index (κ3) is 4.11. The van der Waals surface area contributed by atoms with E-state index in [1.165, 1.54) is 0 Å². The first-order valence-corrected chi connectivity index (χ1v) is 2.12. The maximum atomic E-state index is 11.9. The fourth-order valence-electron chi connectivity index (χ4n) is 0.387. The summed E-state index contributed by atoms with van der Waals surface area (Å²) >= 11 is 0. The maximum Gasteiger partial charge on any atom is 0.196 e. The molecule has 0 saturated heterocycles. The SMILES string of the molecule is F[C]1C=C=C(F)C=C1.[Br-].[Zn]. The number of hydrogen-bond acceptors (Lipinski definition) is 0. The Morgan fingerprint density at radius 2 is 1.80 bits per heavy atom. The van der Waals surface area contributed by atoms with Gasteiger partial charge in [-0.3, -0.25) is 0 Å². The standard InChI is InChI=1S/C6H3F2.BrH.Zn/c7-5-1-2-6(8)4-3-5;;/h1-3H;1H;/p-1. The van der Waals surface area contributed by atoms with Crippen molar-refractivity contribution < 1.29 is 45.2 Å². The van der Waals surface area contributed by atoms with E-state index in [1.807, 2.05) is 0 Å². The summed E-state index contributed by atoms with van der Waals surface area (Å²) in [4.78, 5) is 0. The van der Waals surface area contributed by atoms with Crippen molar-refractivity contribution in [2.24, 2.45) is 0 Å². The van der Waals surface area contributed by atoms with Gasteiger partial charge in [0, 0.05) is 25.6 Å². The number of halogens is 3. The summed E-state index contributed by atoms with van der Waals surface area (Å²) in [6, 6.07) is 0. The molecular weight excluding hydrogens is 255 g/mol. The molecule has 0 aliphatic heterocycles. The zero-order chi connectivity index (χ0) is 5.98. The summed E-state index contributed by atoms with van der Waals surface area (Å²) in [6.07, 6.45) is 2.56. The molecule has 1 aliphatic carbocycles. The van der Waals surface area contributed by atoms with Gasteiger partial charge in [0.15, 0.2) is 12.0 Å². The molecule has 0 amide bonds. The average molecular weight is 258 g/mol. The smallest absolute Gasteiger partial charge is 0.196 e. The molecule has 1 rings (SSSR count). The van der Waals surface area contributed by atoms with Crippen molar-refractivity contribution in [1.82, 2.24) is 0 Å². The van der Waals surface area contributed by atoms with Gasteiger partial charge in [-0.25, -0.2) is 4.39 Å². The van der Waals surface area contributed by atoms with Crippen LogP contribution in [0.5, 0.6) is 0 Å². The second-order valence-corrected chi connectivity index (χ2v) is 1.35. The number of allylic oxidation sites excluding steroid dienone is 3. The minimum atomic E-state index is -0.536. The Bertz CT molecular complexity index is 182. The van der Waals surface area contributed by atoms with Crippen molar-refractivity contribution in [2.75, 3.05) is 0 Å². The molecule has 0 bridgehead atoms. The van der Waals surface area contributed by atoms with E-state index >= 15 is 0 Å². The summed E-state index contributed by atoms with van der Waals surface area (Å²) in [5, 5.41) is 0. The summed E-state index contributed by atoms with van der Waals surface area (Å²) in [6.45, 7) is 0. The van der Waals surface area contributed by atoms with Crippen LogP contribution in [0.15, 0.2) is 29.8 Å². The van der Waals surface area contributed by atoms with E-state index < -0.39 is 12.0 Å². The van der Waals surface area contributed by atoms with Gasteiger partial charge in [-0.1, -0.05) is 5.73 Å². The third-order valence-corrected chi connectivity index (χ3v) is 0.737. The minimum absolute atomic E-state index is 0. The van der Waals surface area contributed by atoms with Gasteiger partial charge in [0.1, 0.15) is 0 Å². The van der Waals surface area contributed by atoms with Gasteiger partial charge in [0.05, 0.1) is 0 Å². The van der Waals surface area contributed by atoms with E-state index in [1.54, 1.807) is 0 Å². The van der Waals surface area contributed by atoms with Crippen molar-refractivity contribution in [3.63, 3.8) is 0 Å². The zero-order valence-electron chi connectivity index (χ0n) is 5.07. The Kier molecular flexibility index (Phi) is 7.67. The van der Waals surface area contributed by atoms with Crippen LogP contribution in [-0.4, -0.2) is 0 Å². The molecule has 0 nitrogen and oxygen atoms in total. The van der Waals surface area contributed by atoms with Crippen LogP contribution >= 0.6 is 0 Å². The Morgan fingerprint density at radius 1 is 1.20 bits per heavy atom. The summed E-state index contributed by atoms with van der Waals surface area (Å²) in [7, 11) is 0. The molecule has 0 N–H and O–H groups in total. The molecular formula is C6H3BrF2Zn-. The molecule has 0 aromatic rings. The Morgan fingerprint density at radius 3 is 2.10 bits per heavy atom. The normalized spacial score (nSPS) is 15.2. The van der Waals surface area contributed by atoms with Gasteiger partial charge in [0.2, 0.25) is 0 Å². The van der Waals surface area contributed by atoms with Gasteiger partial charge in [-0.15, -0.1) is 0 Å². The van der Waals surface area contributed by atoms with E-state index in [0.29, 0.717) is 0 Å². The average Bonchev–Trinajstić information content (AvgIpc) is 1.77. The van der Waals surface area contributed by atoms with Crippen LogP contribution in [0.1, 0.15) is 0 Å². The van der Waals surface area contributed by atoms with Crippen molar-refractivity contribution >= 4 is 0 Å². The largest absolute Gasteiger partial charge is 1.00 e. The quantitative estimate of drug-likeness (QED) is 0.389. The topological polar surface area (TPSA) is 0 Å². The molecule has 0 aromatic heterocycles. The van der Waals surface area contributed by atoms with Crippen LogP contribution in [0.25, 0.3) is 0 Å². The summed E-state index contributed by atoms with van der Waals surface area (Å²) < 4.78 is 23.8. The maximum absolute atomic E-state index is 11.9. The van der Waals surface area contributed by atoms with Crippen LogP contribution in [0.3, 0.4) is 0 Å². The van der Waals surface area contributed by atoms with Gasteiger partial charge in [-0.05, 0) is 12.2 Å². The molecule has 1 aliphatic rings. The van der Waals surface area contributed by atoms with Crippen LogP contribution in [0, 0.1) is 6.17 Å². The minimum Gasteiger partial charge on any atom is -1.00 e. The second-order valence-electron chi connectivity index (χ2n) is 1.35. The van der Waals surface area contributed by atoms with Crippen molar-refractivity contribution in [1.29, 1.82) is 0 Å². The van der Waals surface area contributed by atoms with Crippen LogP contribution < -0.4 is 17.0 Å². The van der Waals surface area contributed by atoms with Gasteiger partial charge >= 0.3 is 0 Å². The molecule has 0 heterocycles.